The van der Waals surface area contributed by atoms with Gasteiger partial charge < -0.3 is 14.5 Å². The van der Waals surface area contributed by atoms with Crippen LogP contribution in [0.1, 0.15) is 19.1 Å². The highest BCUT2D eigenvalue weighted by Gasteiger charge is 2.06. The molecule has 0 spiro atoms. The Morgan fingerprint density at radius 3 is 3.00 bits per heavy atom. The van der Waals surface area contributed by atoms with Crippen LogP contribution in [0.4, 0.5) is 5.95 Å². The Balaban J connectivity index is 2.00. The summed E-state index contributed by atoms with van der Waals surface area (Å²) >= 11 is 5.78. The molecule has 0 aromatic carbocycles. The molecular formula is C11H13ClN4O2. The summed E-state index contributed by atoms with van der Waals surface area (Å²) in [4.78, 5) is 11.9. The van der Waals surface area contributed by atoms with Gasteiger partial charge in [0.2, 0.25) is 11.2 Å². The van der Waals surface area contributed by atoms with Gasteiger partial charge in [-0.05, 0) is 30.2 Å². The lowest BCUT2D eigenvalue weighted by Gasteiger charge is -2.06. The van der Waals surface area contributed by atoms with Crippen molar-refractivity contribution in [2.24, 2.45) is 0 Å². The molecular weight excluding hydrogens is 256 g/mol. The Morgan fingerprint density at radius 1 is 1.39 bits per heavy atom. The summed E-state index contributed by atoms with van der Waals surface area (Å²) in [6, 6.07) is 3.89. The van der Waals surface area contributed by atoms with E-state index in [0.717, 1.165) is 12.2 Å². The van der Waals surface area contributed by atoms with Gasteiger partial charge in [-0.25, -0.2) is 0 Å². The summed E-state index contributed by atoms with van der Waals surface area (Å²) < 4.78 is 10.5. The first-order valence-electron chi connectivity index (χ1n) is 5.58. The first kappa shape index (κ1) is 12.6. The molecule has 2 rings (SSSR count). The second-order valence-electron chi connectivity index (χ2n) is 3.49. The number of rotatable bonds is 6. The van der Waals surface area contributed by atoms with Gasteiger partial charge in [-0.1, -0.05) is 6.92 Å². The zero-order chi connectivity index (χ0) is 12.8. The number of hydrogen-bond acceptors (Lipinski definition) is 6. The van der Waals surface area contributed by atoms with Crippen molar-refractivity contribution >= 4 is 17.5 Å². The molecule has 1 N–H and O–H groups in total. The Bertz CT molecular complexity index is 490. The molecule has 2 heterocycles. The van der Waals surface area contributed by atoms with Gasteiger partial charge in [0, 0.05) is 0 Å². The Morgan fingerprint density at radius 2 is 2.28 bits per heavy atom. The van der Waals surface area contributed by atoms with Crippen LogP contribution in [0.25, 0.3) is 0 Å². The molecule has 0 bridgehead atoms. The van der Waals surface area contributed by atoms with Crippen LogP contribution in [0.5, 0.6) is 6.01 Å². The molecule has 0 fully saturated rings. The molecule has 0 aliphatic rings. The molecule has 0 aliphatic carbocycles. The average molecular weight is 269 g/mol. The Labute approximate surface area is 109 Å². The van der Waals surface area contributed by atoms with Crippen molar-refractivity contribution in [3.63, 3.8) is 0 Å². The topological polar surface area (TPSA) is 73.1 Å². The fourth-order valence-corrected chi connectivity index (χ4v) is 1.40. The van der Waals surface area contributed by atoms with Crippen molar-refractivity contribution in [3.05, 3.63) is 29.4 Å². The number of nitrogens with one attached hydrogen (secondary N) is 1. The van der Waals surface area contributed by atoms with E-state index >= 15 is 0 Å². The molecule has 2 aromatic heterocycles. The molecule has 7 heteroatoms. The molecule has 6 nitrogen and oxygen atoms in total. The lowest BCUT2D eigenvalue weighted by Crippen LogP contribution is -2.07. The molecule has 2 aromatic rings. The maximum absolute atomic E-state index is 5.78. The van der Waals surface area contributed by atoms with E-state index in [0.29, 0.717) is 19.1 Å². The predicted octanol–water partition coefficient (Wildman–Crippen LogP) is 2.52. The third-order valence-corrected chi connectivity index (χ3v) is 2.19. The van der Waals surface area contributed by atoms with Gasteiger partial charge >= 0.3 is 6.01 Å². The van der Waals surface area contributed by atoms with Gasteiger partial charge in [-0.3, -0.25) is 0 Å². The molecule has 0 saturated heterocycles. The normalized spacial score (nSPS) is 10.3. The zero-order valence-electron chi connectivity index (χ0n) is 9.89. The number of furan rings is 1. The summed E-state index contributed by atoms with van der Waals surface area (Å²) in [5.74, 6) is 1.14. The van der Waals surface area contributed by atoms with Crippen LogP contribution in [0, 0.1) is 0 Å². The summed E-state index contributed by atoms with van der Waals surface area (Å²) in [6.45, 7) is 3.01. The third kappa shape index (κ3) is 3.59. The molecule has 0 saturated carbocycles. The number of hydrogen-bond donors (Lipinski definition) is 1. The molecule has 0 radical (unpaired) electrons. The summed E-state index contributed by atoms with van der Waals surface area (Å²) in [7, 11) is 0. The van der Waals surface area contributed by atoms with Crippen molar-refractivity contribution < 1.29 is 9.15 Å². The van der Waals surface area contributed by atoms with Gasteiger partial charge in [0.15, 0.2) is 0 Å². The van der Waals surface area contributed by atoms with Crippen molar-refractivity contribution in [1.29, 1.82) is 0 Å². The second-order valence-corrected chi connectivity index (χ2v) is 3.83. The number of halogens is 1. The second kappa shape index (κ2) is 6.20. The van der Waals surface area contributed by atoms with Crippen LogP contribution in [0.15, 0.2) is 22.8 Å². The number of nitrogens with zero attached hydrogens (tertiary/aromatic N) is 3. The van der Waals surface area contributed by atoms with Crippen LogP contribution >= 0.6 is 11.6 Å². The van der Waals surface area contributed by atoms with E-state index in [4.69, 9.17) is 20.8 Å². The third-order valence-electron chi connectivity index (χ3n) is 2.02. The van der Waals surface area contributed by atoms with Crippen molar-refractivity contribution in [1.82, 2.24) is 15.0 Å². The minimum atomic E-state index is 0.0954. The molecule has 0 atom stereocenters. The van der Waals surface area contributed by atoms with E-state index in [9.17, 15) is 0 Å². The van der Waals surface area contributed by atoms with Gasteiger partial charge in [-0.15, -0.1) is 0 Å². The van der Waals surface area contributed by atoms with E-state index < -0.39 is 0 Å². The molecule has 0 aliphatic heterocycles. The van der Waals surface area contributed by atoms with Crippen LogP contribution in [-0.2, 0) is 6.54 Å². The molecule has 0 amide bonds. The minimum Gasteiger partial charge on any atom is -0.467 e. The highest BCUT2D eigenvalue weighted by atomic mass is 35.5. The van der Waals surface area contributed by atoms with Crippen LogP contribution in [0.2, 0.25) is 5.28 Å². The van der Waals surface area contributed by atoms with Crippen LogP contribution < -0.4 is 10.1 Å². The van der Waals surface area contributed by atoms with Gasteiger partial charge in [0.25, 0.3) is 0 Å². The standard InChI is InChI=1S/C11H13ClN4O2/c1-2-5-18-11-15-9(12)14-10(16-11)13-7-8-4-3-6-17-8/h3-4,6H,2,5,7H2,1H3,(H,13,14,15,16). The van der Waals surface area contributed by atoms with E-state index in [1.54, 1.807) is 6.26 Å². The van der Waals surface area contributed by atoms with Gasteiger partial charge in [0.05, 0.1) is 19.4 Å². The summed E-state index contributed by atoms with van der Waals surface area (Å²) in [5, 5.41) is 3.08. The fourth-order valence-electron chi connectivity index (χ4n) is 1.25. The summed E-state index contributed by atoms with van der Waals surface area (Å²) in [6.07, 6.45) is 2.48. The average Bonchev–Trinajstić information content (AvgIpc) is 2.86. The number of ether oxygens (including phenoxy) is 1. The zero-order valence-corrected chi connectivity index (χ0v) is 10.6. The highest BCUT2D eigenvalue weighted by Crippen LogP contribution is 2.12. The van der Waals surface area contributed by atoms with Gasteiger partial charge in [-0.2, -0.15) is 15.0 Å². The van der Waals surface area contributed by atoms with Crippen molar-refractivity contribution in [3.8, 4) is 6.01 Å². The van der Waals surface area contributed by atoms with Gasteiger partial charge in [0.1, 0.15) is 5.76 Å². The first-order chi connectivity index (χ1) is 8.78. The lowest BCUT2D eigenvalue weighted by atomic mass is 10.4. The maximum atomic E-state index is 5.78. The van der Waals surface area contributed by atoms with E-state index in [1.807, 2.05) is 19.1 Å². The van der Waals surface area contributed by atoms with E-state index in [2.05, 4.69) is 20.3 Å². The molecule has 96 valence electrons. The van der Waals surface area contributed by atoms with Crippen LogP contribution in [0.3, 0.4) is 0 Å². The predicted molar refractivity (Wildman–Crippen MR) is 66.7 cm³/mol. The minimum absolute atomic E-state index is 0.0954. The SMILES string of the molecule is CCCOc1nc(Cl)nc(NCc2ccco2)n1. The quantitative estimate of drug-likeness (QED) is 0.868. The Hall–Kier alpha value is -1.82. The highest BCUT2D eigenvalue weighted by molar-refractivity contribution is 6.28. The monoisotopic (exact) mass is 268 g/mol. The molecule has 0 unspecified atom stereocenters. The largest absolute Gasteiger partial charge is 0.467 e. The van der Waals surface area contributed by atoms with E-state index in [1.165, 1.54) is 0 Å². The molecule has 18 heavy (non-hydrogen) atoms. The van der Waals surface area contributed by atoms with Crippen LogP contribution in [-0.4, -0.2) is 21.6 Å². The fraction of sp³-hybridized carbons (Fsp3) is 0.364. The lowest BCUT2D eigenvalue weighted by molar-refractivity contribution is 0.291. The number of aromatic nitrogens is 3. The number of anilines is 1. The Kier molecular flexibility index (Phi) is 4.35. The maximum Gasteiger partial charge on any atom is 0.322 e. The first-order valence-corrected chi connectivity index (χ1v) is 5.96. The summed E-state index contributed by atoms with van der Waals surface area (Å²) in [5.41, 5.74) is 0. The smallest absolute Gasteiger partial charge is 0.322 e. The van der Waals surface area contributed by atoms with Crippen molar-refractivity contribution in [2.75, 3.05) is 11.9 Å². The van der Waals surface area contributed by atoms with Crippen molar-refractivity contribution in [2.45, 2.75) is 19.9 Å². The van der Waals surface area contributed by atoms with E-state index in [-0.39, 0.29) is 11.3 Å².